The van der Waals surface area contributed by atoms with Crippen LogP contribution in [0, 0.1) is 5.92 Å². The number of rotatable bonds is 3. The molecule has 5 heteroatoms. The predicted octanol–water partition coefficient (Wildman–Crippen LogP) is 2.37. The van der Waals surface area contributed by atoms with Crippen molar-refractivity contribution in [3.8, 4) is 0 Å². The molecule has 1 atom stereocenters. The van der Waals surface area contributed by atoms with E-state index < -0.39 is 5.79 Å². The molecule has 0 bridgehead atoms. The van der Waals surface area contributed by atoms with E-state index in [4.69, 9.17) is 9.47 Å². The van der Waals surface area contributed by atoms with Gasteiger partial charge in [0.15, 0.2) is 11.6 Å². The molecule has 1 N–H and O–H groups in total. The quantitative estimate of drug-likeness (QED) is 0.868. The molecule has 1 heterocycles. The SMILES string of the molecule is CC(=O)c1cccc(NC(=O)C2CCCC23OCCO3)c1. The van der Waals surface area contributed by atoms with E-state index in [0.29, 0.717) is 24.5 Å². The van der Waals surface area contributed by atoms with Crippen LogP contribution in [-0.4, -0.2) is 30.7 Å². The third kappa shape index (κ3) is 2.71. The van der Waals surface area contributed by atoms with Crippen LogP contribution in [0.5, 0.6) is 0 Å². The van der Waals surface area contributed by atoms with E-state index >= 15 is 0 Å². The molecular formula is C16H19NO4. The second-order valence-corrected chi connectivity index (χ2v) is 5.58. The van der Waals surface area contributed by atoms with Crippen LogP contribution in [0.1, 0.15) is 36.5 Å². The molecule has 21 heavy (non-hydrogen) atoms. The Morgan fingerprint density at radius 1 is 1.29 bits per heavy atom. The Balaban J connectivity index is 1.74. The third-order valence-electron chi connectivity index (χ3n) is 4.18. The average molecular weight is 289 g/mol. The van der Waals surface area contributed by atoms with Crippen molar-refractivity contribution in [3.05, 3.63) is 29.8 Å². The number of carbonyl (C=O) groups excluding carboxylic acids is 2. The molecular weight excluding hydrogens is 270 g/mol. The van der Waals surface area contributed by atoms with Crippen LogP contribution in [0.2, 0.25) is 0 Å². The van der Waals surface area contributed by atoms with Crippen molar-refractivity contribution >= 4 is 17.4 Å². The fraction of sp³-hybridized carbons (Fsp3) is 0.500. The minimum atomic E-state index is -0.734. The number of benzene rings is 1. The van der Waals surface area contributed by atoms with Gasteiger partial charge in [-0.25, -0.2) is 0 Å². The molecule has 1 saturated heterocycles. The van der Waals surface area contributed by atoms with E-state index in [9.17, 15) is 9.59 Å². The molecule has 1 aliphatic heterocycles. The second-order valence-electron chi connectivity index (χ2n) is 5.58. The van der Waals surface area contributed by atoms with E-state index in [1.54, 1.807) is 24.3 Å². The van der Waals surface area contributed by atoms with E-state index in [2.05, 4.69) is 5.32 Å². The summed E-state index contributed by atoms with van der Waals surface area (Å²) in [5, 5.41) is 2.88. The molecule has 5 nitrogen and oxygen atoms in total. The first-order valence-electron chi connectivity index (χ1n) is 7.30. The van der Waals surface area contributed by atoms with Gasteiger partial charge in [0.05, 0.1) is 19.1 Å². The molecule has 1 amide bonds. The number of Topliss-reactive ketones (excluding diaryl/α,β-unsaturated/α-hetero) is 1. The van der Waals surface area contributed by atoms with Crippen molar-refractivity contribution in [2.24, 2.45) is 5.92 Å². The number of carbonyl (C=O) groups is 2. The van der Waals surface area contributed by atoms with Crippen molar-refractivity contribution in [3.63, 3.8) is 0 Å². The fourth-order valence-electron chi connectivity index (χ4n) is 3.14. The number of ether oxygens (including phenoxy) is 2. The molecule has 1 spiro atoms. The summed E-state index contributed by atoms with van der Waals surface area (Å²) in [4.78, 5) is 23.9. The first-order valence-corrected chi connectivity index (χ1v) is 7.30. The Bertz CT molecular complexity index is 558. The number of hydrogen-bond acceptors (Lipinski definition) is 4. The van der Waals surface area contributed by atoms with Gasteiger partial charge in [0.2, 0.25) is 5.91 Å². The van der Waals surface area contributed by atoms with Crippen molar-refractivity contribution in [1.29, 1.82) is 0 Å². The lowest BCUT2D eigenvalue weighted by atomic mass is 10.0. The molecule has 1 aromatic carbocycles. The van der Waals surface area contributed by atoms with Gasteiger partial charge in [0, 0.05) is 17.7 Å². The highest BCUT2D eigenvalue weighted by molar-refractivity contribution is 5.97. The van der Waals surface area contributed by atoms with E-state index in [0.717, 1.165) is 19.3 Å². The molecule has 3 rings (SSSR count). The third-order valence-corrected chi connectivity index (χ3v) is 4.18. The number of hydrogen-bond donors (Lipinski definition) is 1. The monoisotopic (exact) mass is 289 g/mol. The summed E-state index contributed by atoms with van der Waals surface area (Å²) in [7, 11) is 0. The summed E-state index contributed by atoms with van der Waals surface area (Å²) >= 11 is 0. The molecule has 0 aromatic heterocycles. The van der Waals surface area contributed by atoms with Crippen LogP contribution in [-0.2, 0) is 14.3 Å². The van der Waals surface area contributed by atoms with Crippen molar-refractivity contribution in [2.45, 2.75) is 32.0 Å². The van der Waals surface area contributed by atoms with Crippen LogP contribution in [0.25, 0.3) is 0 Å². The molecule has 2 fully saturated rings. The lowest BCUT2D eigenvalue weighted by molar-refractivity contribution is -0.184. The summed E-state index contributed by atoms with van der Waals surface area (Å²) in [5.74, 6) is -1.15. The smallest absolute Gasteiger partial charge is 0.232 e. The first kappa shape index (κ1) is 14.2. The zero-order valence-electron chi connectivity index (χ0n) is 12.1. The summed E-state index contributed by atoms with van der Waals surface area (Å²) in [6.45, 7) is 2.60. The summed E-state index contributed by atoms with van der Waals surface area (Å²) in [5.41, 5.74) is 1.22. The Labute approximate surface area is 123 Å². The Hall–Kier alpha value is -1.72. The molecule has 1 unspecified atom stereocenters. The molecule has 1 aliphatic carbocycles. The molecule has 1 aromatic rings. The minimum absolute atomic E-state index is 0.0223. The number of ketones is 1. The van der Waals surface area contributed by atoms with Gasteiger partial charge in [0.25, 0.3) is 0 Å². The van der Waals surface area contributed by atoms with Crippen LogP contribution >= 0.6 is 0 Å². The maximum atomic E-state index is 12.5. The zero-order valence-corrected chi connectivity index (χ0v) is 12.1. The standard InChI is InChI=1S/C16H19NO4/c1-11(18)12-4-2-5-13(10-12)17-15(19)14-6-3-7-16(14)20-8-9-21-16/h2,4-5,10,14H,3,6-9H2,1H3,(H,17,19). The number of amides is 1. The van der Waals surface area contributed by atoms with E-state index in [1.807, 2.05) is 0 Å². The average Bonchev–Trinajstić information content (AvgIpc) is 3.10. The summed E-state index contributed by atoms with van der Waals surface area (Å²) in [6.07, 6.45) is 2.45. The highest BCUT2D eigenvalue weighted by Gasteiger charge is 2.51. The largest absolute Gasteiger partial charge is 0.347 e. The van der Waals surface area contributed by atoms with Crippen molar-refractivity contribution in [1.82, 2.24) is 0 Å². The molecule has 0 radical (unpaired) electrons. The summed E-state index contributed by atoms with van der Waals surface area (Å²) < 4.78 is 11.4. The zero-order chi connectivity index (χ0) is 14.9. The fourth-order valence-corrected chi connectivity index (χ4v) is 3.14. The van der Waals surface area contributed by atoms with Crippen LogP contribution in [0.4, 0.5) is 5.69 Å². The maximum Gasteiger partial charge on any atom is 0.232 e. The van der Waals surface area contributed by atoms with Crippen LogP contribution < -0.4 is 5.32 Å². The number of nitrogens with one attached hydrogen (secondary N) is 1. The van der Waals surface area contributed by atoms with E-state index in [-0.39, 0.29) is 17.6 Å². The molecule has 2 aliphatic rings. The first-order chi connectivity index (χ1) is 10.1. The lowest BCUT2D eigenvalue weighted by Crippen LogP contribution is -2.41. The Kier molecular flexibility index (Phi) is 3.78. The van der Waals surface area contributed by atoms with E-state index in [1.165, 1.54) is 6.92 Å². The molecule has 112 valence electrons. The van der Waals surface area contributed by atoms with Gasteiger partial charge in [-0.1, -0.05) is 12.1 Å². The maximum absolute atomic E-state index is 12.5. The Morgan fingerprint density at radius 3 is 2.76 bits per heavy atom. The van der Waals surface area contributed by atoms with Crippen LogP contribution in [0.3, 0.4) is 0 Å². The second kappa shape index (κ2) is 5.58. The van der Waals surface area contributed by atoms with Gasteiger partial charge in [-0.3, -0.25) is 9.59 Å². The lowest BCUT2D eigenvalue weighted by Gasteiger charge is -2.28. The van der Waals surface area contributed by atoms with Crippen molar-refractivity contribution in [2.75, 3.05) is 18.5 Å². The minimum Gasteiger partial charge on any atom is -0.347 e. The Morgan fingerprint density at radius 2 is 2.05 bits per heavy atom. The predicted molar refractivity (Wildman–Crippen MR) is 77.1 cm³/mol. The van der Waals surface area contributed by atoms with Gasteiger partial charge in [-0.15, -0.1) is 0 Å². The van der Waals surface area contributed by atoms with Gasteiger partial charge in [-0.05, 0) is 31.9 Å². The van der Waals surface area contributed by atoms with Gasteiger partial charge >= 0.3 is 0 Å². The topological polar surface area (TPSA) is 64.6 Å². The highest BCUT2D eigenvalue weighted by atomic mass is 16.7. The number of anilines is 1. The molecule has 1 saturated carbocycles. The highest BCUT2D eigenvalue weighted by Crippen LogP contribution is 2.42. The normalized spacial score (nSPS) is 23.4. The van der Waals surface area contributed by atoms with Crippen LogP contribution in [0.15, 0.2) is 24.3 Å². The van der Waals surface area contributed by atoms with Gasteiger partial charge < -0.3 is 14.8 Å². The van der Waals surface area contributed by atoms with Gasteiger partial charge in [0.1, 0.15) is 0 Å². The van der Waals surface area contributed by atoms with Crippen molar-refractivity contribution < 1.29 is 19.1 Å². The van der Waals surface area contributed by atoms with Gasteiger partial charge in [-0.2, -0.15) is 0 Å². The summed E-state index contributed by atoms with van der Waals surface area (Å²) in [6, 6.07) is 6.97.